The molecule has 0 spiro atoms. The lowest BCUT2D eigenvalue weighted by atomic mass is 10.1. The van der Waals surface area contributed by atoms with Crippen molar-refractivity contribution in [2.24, 2.45) is 0 Å². The number of fused-ring (bicyclic) bond motifs is 1. The fourth-order valence-corrected chi connectivity index (χ4v) is 3.61. The molecule has 0 unspecified atom stereocenters. The summed E-state index contributed by atoms with van der Waals surface area (Å²) in [6, 6.07) is 7.92. The summed E-state index contributed by atoms with van der Waals surface area (Å²) in [5.41, 5.74) is 10.6. The van der Waals surface area contributed by atoms with E-state index in [1.807, 2.05) is 38.1 Å². The molecular formula is C18H20N4O2S. The summed E-state index contributed by atoms with van der Waals surface area (Å²) in [6.45, 7) is 4.83. The van der Waals surface area contributed by atoms with Crippen molar-refractivity contribution in [2.45, 2.75) is 27.0 Å². The van der Waals surface area contributed by atoms with E-state index < -0.39 is 0 Å². The lowest BCUT2D eigenvalue weighted by Crippen LogP contribution is -2.22. The van der Waals surface area contributed by atoms with E-state index in [1.54, 1.807) is 7.11 Å². The van der Waals surface area contributed by atoms with E-state index in [-0.39, 0.29) is 5.91 Å². The van der Waals surface area contributed by atoms with Crippen LogP contribution < -0.4 is 11.1 Å². The molecule has 0 fully saturated rings. The monoisotopic (exact) mass is 356 g/mol. The molecule has 0 bridgehead atoms. The summed E-state index contributed by atoms with van der Waals surface area (Å²) in [7, 11) is 1.66. The Morgan fingerprint density at radius 3 is 2.56 bits per heavy atom. The molecule has 1 amide bonds. The molecule has 0 saturated carbocycles. The number of nitrogens with zero attached hydrogens (tertiary/aromatic N) is 2. The largest absolute Gasteiger partial charge is 0.397 e. The van der Waals surface area contributed by atoms with Gasteiger partial charge in [-0.3, -0.25) is 4.79 Å². The number of carbonyl (C=O) groups is 1. The maximum absolute atomic E-state index is 12.5. The van der Waals surface area contributed by atoms with E-state index in [1.165, 1.54) is 11.3 Å². The predicted octanol–water partition coefficient (Wildman–Crippen LogP) is 2.97. The van der Waals surface area contributed by atoms with Crippen molar-refractivity contribution in [1.29, 1.82) is 0 Å². The third-order valence-electron chi connectivity index (χ3n) is 4.13. The van der Waals surface area contributed by atoms with E-state index in [4.69, 9.17) is 10.5 Å². The molecule has 3 aromatic rings. The van der Waals surface area contributed by atoms with Gasteiger partial charge in [0.05, 0.1) is 18.0 Å². The number of nitrogens with two attached hydrogens (primary N) is 1. The third-order valence-corrected chi connectivity index (χ3v) is 5.22. The first kappa shape index (κ1) is 17.3. The molecule has 3 rings (SSSR count). The highest BCUT2D eigenvalue weighted by Crippen LogP contribution is 2.34. The van der Waals surface area contributed by atoms with Gasteiger partial charge in [-0.1, -0.05) is 24.3 Å². The zero-order valence-electron chi connectivity index (χ0n) is 14.4. The number of aromatic nitrogens is 2. The minimum Gasteiger partial charge on any atom is -0.397 e. The van der Waals surface area contributed by atoms with Gasteiger partial charge in [0.25, 0.3) is 5.91 Å². The molecule has 25 heavy (non-hydrogen) atoms. The molecule has 2 aromatic heterocycles. The van der Waals surface area contributed by atoms with Crippen molar-refractivity contribution >= 4 is 33.1 Å². The molecule has 130 valence electrons. The fourth-order valence-electron chi connectivity index (χ4n) is 2.59. The summed E-state index contributed by atoms with van der Waals surface area (Å²) in [4.78, 5) is 13.7. The zero-order chi connectivity index (χ0) is 18.0. The molecule has 0 atom stereocenters. The van der Waals surface area contributed by atoms with Gasteiger partial charge in [-0.25, -0.2) is 0 Å². The van der Waals surface area contributed by atoms with Gasteiger partial charge in [0.15, 0.2) is 0 Å². The number of rotatable bonds is 5. The van der Waals surface area contributed by atoms with Crippen LogP contribution in [0.25, 0.3) is 10.2 Å². The average Bonchev–Trinajstić information content (AvgIpc) is 2.95. The van der Waals surface area contributed by atoms with Gasteiger partial charge in [-0.15, -0.1) is 16.4 Å². The molecule has 0 aliphatic heterocycles. The number of ether oxygens (including phenoxy) is 1. The highest BCUT2D eigenvalue weighted by molar-refractivity contribution is 7.21. The molecule has 3 N–H and O–H groups in total. The zero-order valence-corrected chi connectivity index (χ0v) is 15.2. The van der Waals surface area contributed by atoms with Gasteiger partial charge in [0.1, 0.15) is 9.71 Å². The number of hydrogen-bond acceptors (Lipinski definition) is 6. The van der Waals surface area contributed by atoms with Gasteiger partial charge in [0, 0.05) is 19.0 Å². The quantitative estimate of drug-likeness (QED) is 0.733. The molecule has 1 aromatic carbocycles. The van der Waals surface area contributed by atoms with Crippen LogP contribution in [-0.2, 0) is 17.9 Å². The molecule has 7 heteroatoms. The topological polar surface area (TPSA) is 90.1 Å². The van der Waals surface area contributed by atoms with Crippen molar-refractivity contribution in [3.8, 4) is 0 Å². The molecule has 0 saturated heterocycles. The van der Waals surface area contributed by atoms with Crippen LogP contribution in [0.15, 0.2) is 24.3 Å². The Labute approximate surface area is 150 Å². The number of thiophene rings is 1. The summed E-state index contributed by atoms with van der Waals surface area (Å²) in [6.07, 6.45) is 0. The lowest BCUT2D eigenvalue weighted by Gasteiger charge is -2.06. The lowest BCUT2D eigenvalue weighted by molar-refractivity contribution is 0.0956. The van der Waals surface area contributed by atoms with Crippen LogP contribution in [0.1, 0.15) is 32.1 Å². The Morgan fingerprint density at radius 2 is 1.88 bits per heavy atom. The van der Waals surface area contributed by atoms with Crippen LogP contribution >= 0.6 is 11.3 Å². The van der Waals surface area contributed by atoms with Crippen LogP contribution in [0.2, 0.25) is 0 Å². The highest BCUT2D eigenvalue weighted by atomic mass is 32.1. The van der Waals surface area contributed by atoms with Crippen molar-refractivity contribution in [2.75, 3.05) is 12.8 Å². The van der Waals surface area contributed by atoms with Crippen molar-refractivity contribution in [3.63, 3.8) is 0 Å². The number of methoxy groups -OCH3 is 1. The molecule has 6 nitrogen and oxygen atoms in total. The minimum atomic E-state index is -0.196. The number of amides is 1. The minimum absolute atomic E-state index is 0.196. The molecule has 0 aliphatic carbocycles. The van der Waals surface area contributed by atoms with Crippen LogP contribution in [0.4, 0.5) is 5.69 Å². The SMILES string of the molecule is COCc1ccc(CNC(=O)c2sc3nnc(C)c(C)c3c2N)cc1. The average molecular weight is 356 g/mol. The number of anilines is 1. The number of aryl methyl sites for hydroxylation is 2. The van der Waals surface area contributed by atoms with E-state index in [0.717, 1.165) is 27.8 Å². The van der Waals surface area contributed by atoms with Gasteiger partial charge in [0.2, 0.25) is 0 Å². The summed E-state index contributed by atoms with van der Waals surface area (Å²) in [5.74, 6) is -0.196. The Morgan fingerprint density at radius 1 is 1.20 bits per heavy atom. The summed E-state index contributed by atoms with van der Waals surface area (Å²) >= 11 is 1.27. The number of carbonyl (C=O) groups excluding carboxylic acids is 1. The second kappa shape index (κ2) is 7.16. The Bertz CT molecular complexity index is 919. The summed E-state index contributed by atoms with van der Waals surface area (Å²) in [5, 5.41) is 12.0. The Kier molecular flexibility index (Phi) is 4.96. The van der Waals surface area contributed by atoms with E-state index in [2.05, 4.69) is 15.5 Å². The van der Waals surface area contributed by atoms with E-state index in [9.17, 15) is 4.79 Å². The first-order valence-electron chi connectivity index (χ1n) is 7.88. The molecule has 0 aliphatic rings. The van der Waals surface area contributed by atoms with Crippen LogP contribution in [0, 0.1) is 13.8 Å². The maximum Gasteiger partial charge on any atom is 0.263 e. The first-order chi connectivity index (χ1) is 12.0. The Hall–Kier alpha value is -2.51. The second-order valence-electron chi connectivity index (χ2n) is 5.87. The molecule has 0 radical (unpaired) electrons. The standard InChI is InChI=1S/C18H20N4O2S/c1-10-11(2)21-22-18-14(10)15(19)16(25-18)17(23)20-8-12-4-6-13(7-5-12)9-24-3/h4-7H,8-9,19H2,1-3H3,(H,20,23). The summed E-state index contributed by atoms with van der Waals surface area (Å²) < 4.78 is 5.09. The fraction of sp³-hybridized carbons (Fsp3) is 0.278. The third kappa shape index (κ3) is 3.47. The number of hydrogen-bond donors (Lipinski definition) is 2. The smallest absolute Gasteiger partial charge is 0.263 e. The van der Waals surface area contributed by atoms with Crippen LogP contribution in [0.3, 0.4) is 0 Å². The number of nitrogens with one attached hydrogen (secondary N) is 1. The van der Waals surface area contributed by atoms with Crippen molar-refractivity contribution in [1.82, 2.24) is 15.5 Å². The predicted molar refractivity (Wildman–Crippen MR) is 99.6 cm³/mol. The molecular weight excluding hydrogens is 336 g/mol. The van der Waals surface area contributed by atoms with Crippen LogP contribution in [0.5, 0.6) is 0 Å². The normalized spacial score (nSPS) is 11.0. The molecule has 2 heterocycles. The van der Waals surface area contributed by atoms with Gasteiger partial charge < -0.3 is 15.8 Å². The highest BCUT2D eigenvalue weighted by Gasteiger charge is 2.19. The van der Waals surface area contributed by atoms with Gasteiger partial charge in [-0.2, -0.15) is 5.10 Å². The van der Waals surface area contributed by atoms with Crippen molar-refractivity contribution < 1.29 is 9.53 Å². The second-order valence-corrected chi connectivity index (χ2v) is 6.87. The number of benzene rings is 1. The van der Waals surface area contributed by atoms with Gasteiger partial charge in [-0.05, 0) is 30.5 Å². The van der Waals surface area contributed by atoms with E-state index >= 15 is 0 Å². The van der Waals surface area contributed by atoms with Gasteiger partial charge >= 0.3 is 0 Å². The maximum atomic E-state index is 12.5. The van der Waals surface area contributed by atoms with E-state index in [0.29, 0.717) is 28.5 Å². The first-order valence-corrected chi connectivity index (χ1v) is 8.69. The van der Waals surface area contributed by atoms with Crippen molar-refractivity contribution in [3.05, 3.63) is 51.5 Å². The number of nitrogen functional groups attached to an aromatic ring is 1. The Balaban J connectivity index is 1.76. The van der Waals surface area contributed by atoms with Crippen LogP contribution in [-0.4, -0.2) is 23.2 Å².